The van der Waals surface area contributed by atoms with E-state index in [4.69, 9.17) is 5.11 Å². The first kappa shape index (κ1) is 14.6. The summed E-state index contributed by atoms with van der Waals surface area (Å²) in [5.74, 6) is -1.58. The molecule has 6 heteroatoms. The lowest BCUT2D eigenvalue weighted by Crippen LogP contribution is -2.44. The van der Waals surface area contributed by atoms with Crippen molar-refractivity contribution in [3.8, 4) is 0 Å². The van der Waals surface area contributed by atoms with E-state index in [1.807, 2.05) is 0 Å². The number of rotatable bonds is 5. The van der Waals surface area contributed by atoms with E-state index in [0.717, 1.165) is 5.56 Å². The van der Waals surface area contributed by atoms with Crippen LogP contribution in [0.25, 0.3) is 0 Å². The molecule has 0 spiro atoms. The molecule has 1 aromatic rings. The molecule has 1 rings (SSSR count). The number of carboxylic acids is 1. The third-order valence-electron chi connectivity index (χ3n) is 2.40. The Morgan fingerprint density at radius 2 is 2.17 bits per heavy atom. The molecule has 0 aliphatic carbocycles. The summed E-state index contributed by atoms with van der Waals surface area (Å²) >= 11 is 3.25. The van der Waals surface area contributed by atoms with Crippen LogP contribution in [0.5, 0.6) is 0 Å². The van der Waals surface area contributed by atoms with Crippen LogP contribution in [0.15, 0.2) is 22.9 Å². The van der Waals surface area contributed by atoms with Crippen molar-refractivity contribution in [3.05, 3.63) is 28.5 Å². The van der Waals surface area contributed by atoms with Gasteiger partial charge < -0.3 is 10.4 Å². The fraction of sp³-hybridized carbons (Fsp3) is 0.417. The smallest absolute Gasteiger partial charge is 0.326 e. The number of hydrogen-bond donors (Lipinski definition) is 2. The van der Waals surface area contributed by atoms with Gasteiger partial charge in [-0.1, -0.05) is 19.9 Å². The molecule has 2 N–H and O–H groups in total. The number of hydrogen-bond acceptors (Lipinski definition) is 3. The Kier molecular flexibility index (Phi) is 5.27. The zero-order valence-electron chi connectivity index (χ0n) is 10.2. The molecule has 0 saturated heterocycles. The van der Waals surface area contributed by atoms with Crippen molar-refractivity contribution in [2.45, 2.75) is 26.3 Å². The maximum atomic E-state index is 11.5. The second kappa shape index (κ2) is 6.49. The van der Waals surface area contributed by atoms with Crippen molar-refractivity contribution < 1.29 is 14.7 Å². The first-order chi connectivity index (χ1) is 8.41. The van der Waals surface area contributed by atoms with Crippen molar-refractivity contribution in [2.75, 3.05) is 0 Å². The van der Waals surface area contributed by atoms with Crippen molar-refractivity contribution in [2.24, 2.45) is 5.92 Å². The summed E-state index contributed by atoms with van der Waals surface area (Å²) in [6, 6.07) is 2.55. The molecule has 0 aromatic carbocycles. The van der Waals surface area contributed by atoms with Gasteiger partial charge in [-0.25, -0.2) is 9.78 Å². The van der Waals surface area contributed by atoms with E-state index in [9.17, 15) is 9.59 Å². The number of carbonyl (C=O) groups is 2. The zero-order valence-corrected chi connectivity index (χ0v) is 11.8. The Hall–Kier alpha value is -1.43. The van der Waals surface area contributed by atoms with Gasteiger partial charge in [0.25, 0.3) is 0 Å². The van der Waals surface area contributed by atoms with Gasteiger partial charge in [0, 0.05) is 18.5 Å². The van der Waals surface area contributed by atoms with E-state index in [2.05, 4.69) is 26.2 Å². The number of halogens is 1. The second-order valence-electron chi connectivity index (χ2n) is 4.21. The van der Waals surface area contributed by atoms with Crippen LogP contribution < -0.4 is 5.32 Å². The topological polar surface area (TPSA) is 79.3 Å². The third-order valence-corrected chi connectivity index (χ3v) is 3.11. The highest BCUT2D eigenvalue weighted by Gasteiger charge is 2.22. The average molecular weight is 315 g/mol. The van der Waals surface area contributed by atoms with Gasteiger partial charge in [-0.3, -0.25) is 4.79 Å². The van der Waals surface area contributed by atoms with Crippen LogP contribution in [-0.4, -0.2) is 28.0 Å². The van der Waals surface area contributed by atoms with Gasteiger partial charge in [-0.15, -0.1) is 0 Å². The Morgan fingerprint density at radius 1 is 1.50 bits per heavy atom. The number of nitrogens with one attached hydrogen (secondary N) is 1. The van der Waals surface area contributed by atoms with Gasteiger partial charge in [0.1, 0.15) is 10.6 Å². The minimum atomic E-state index is -1.06. The number of pyridine rings is 1. The SMILES string of the molecule is CC(C)C(=O)N[C@@H](Cc1cccnc1Br)C(=O)O. The summed E-state index contributed by atoms with van der Waals surface area (Å²) in [7, 11) is 0. The largest absolute Gasteiger partial charge is 0.480 e. The van der Waals surface area contributed by atoms with Crippen LogP contribution >= 0.6 is 15.9 Å². The predicted octanol–water partition coefficient (Wildman–Crippen LogP) is 1.61. The number of aromatic nitrogens is 1. The fourth-order valence-corrected chi connectivity index (χ4v) is 1.74. The number of carbonyl (C=O) groups excluding carboxylic acids is 1. The standard InChI is InChI=1S/C12H15BrN2O3/c1-7(2)11(16)15-9(12(17)18)6-8-4-3-5-14-10(8)13/h3-5,7,9H,6H2,1-2H3,(H,15,16)(H,17,18)/t9-/m0/s1. The highest BCUT2D eigenvalue weighted by atomic mass is 79.9. The van der Waals surface area contributed by atoms with Crippen LogP contribution in [-0.2, 0) is 16.0 Å². The number of carboxylic acid groups (broad SMARTS) is 1. The zero-order chi connectivity index (χ0) is 13.7. The molecule has 1 heterocycles. The lowest BCUT2D eigenvalue weighted by atomic mass is 10.1. The molecular weight excluding hydrogens is 300 g/mol. The average Bonchev–Trinajstić information content (AvgIpc) is 2.30. The highest BCUT2D eigenvalue weighted by molar-refractivity contribution is 9.10. The van der Waals surface area contributed by atoms with Gasteiger partial charge in [-0.2, -0.15) is 0 Å². The van der Waals surface area contributed by atoms with Crippen LogP contribution in [0.1, 0.15) is 19.4 Å². The summed E-state index contributed by atoms with van der Waals surface area (Å²) < 4.78 is 0.593. The Balaban J connectivity index is 2.79. The van der Waals surface area contributed by atoms with Crippen molar-refractivity contribution in [1.82, 2.24) is 10.3 Å². The predicted molar refractivity (Wildman–Crippen MR) is 70.0 cm³/mol. The van der Waals surface area contributed by atoms with Crippen LogP contribution in [0.2, 0.25) is 0 Å². The highest BCUT2D eigenvalue weighted by Crippen LogP contribution is 2.14. The van der Waals surface area contributed by atoms with Gasteiger partial charge in [0.2, 0.25) is 5.91 Å². The third kappa shape index (κ3) is 4.10. The second-order valence-corrected chi connectivity index (χ2v) is 4.96. The molecule has 1 aromatic heterocycles. The summed E-state index contributed by atoms with van der Waals surface area (Å²) in [4.78, 5) is 26.7. The molecule has 0 unspecified atom stereocenters. The van der Waals surface area contributed by atoms with Gasteiger partial charge >= 0.3 is 5.97 Å². The summed E-state index contributed by atoms with van der Waals surface area (Å²) in [5, 5.41) is 11.6. The molecule has 0 fully saturated rings. The molecular formula is C12H15BrN2O3. The Morgan fingerprint density at radius 3 is 2.67 bits per heavy atom. The quantitative estimate of drug-likeness (QED) is 0.809. The lowest BCUT2D eigenvalue weighted by molar-refractivity contribution is -0.142. The molecule has 1 amide bonds. The Labute approximate surface area is 114 Å². The number of amides is 1. The maximum absolute atomic E-state index is 11.5. The normalized spacial score (nSPS) is 12.2. The minimum absolute atomic E-state index is 0.197. The van der Waals surface area contributed by atoms with E-state index in [1.54, 1.807) is 32.2 Å². The van der Waals surface area contributed by atoms with Gasteiger partial charge in [0.05, 0.1) is 0 Å². The molecule has 5 nitrogen and oxygen atoms in total. The summed E-state index contributed by atoms with van der Waals surface area (Å²) in [5.41, 5.74) is 0.744. The summed E-state index contributed by atoms with van der Waals surface area (Å²) in [6.07, 6.45) is 1.80. The van der Waals surface area contributed by atoms with E-state index >= 15 is 0 Å². The lowest BCUT2D eigenvalue weighted by Gasteiger charge is -2.16. The number of aliphatic carboxylic acids is 1. The molecule has 98 valence electrons. The first-order valence-corrected chi connectivity index (χ1v) is 6.33. The van der Waals surface area contributed by atoms with E-state index in [1.165, 1.54) is 0 Å². The van der Waals surface area contributed by atoms with Gasteiger partial charge in [-0.05, 0) is 27.6 Å². The van der Waals surface area contributed by atoms with E-state index in [-0.39, 0.29) is 18.2 Å². The summed E-state index contributed by atoms with van der Waals surface area (Å²) in [6.45, 7) is 3.43. The van der Waals surface area contributed by atoms with Crippen molar-refractivity contribution in [1.29, 1.82) is 0 Å². The monoisotopic (exact) mass is 314 g/mol. The molecule has 0 bridgehead atoms. The van der Waals surface area contributed by atoms with E-state index < -0.39 is 12.0 Å². The van der Waals surface area contributed by atoms with Gasteiger partial charge in [0.15, 0.2) is 0 Å². The van der Waals surface area contributed by atoms with Crippen LogP contribution in [0, 0.1) is 5.92 Å². The maximum Gasteiger partial charge on any atom is 0.326 e. The Bertz CT molecular complexity index is 449. The molecule has 0 radical (unpaired) electrons. The number of nitrogens with zero attached hydrogens (tertiary/aromatic N) is 1. The fourth-order valence-electron chi connectivity index (χ4n) is 1.33. The van der Waals surface area contributed by atoms with Crippen molar-refractivity contribution in [3.63, 3.8) is 0 Å². The minimum Gasteiger partial charge on any atom is -0.480 e. The molecule has 0 aliphatic heterocycles. The van der Waals surface area contributed by atoms with Crippen LogP contribution in [0.3, 0.4) is 0 Å². The van der Waals surface area contributed by atoms with Crippen LogP contribution in [0.4, 0.5) is 0 Å². The molecule has 1 atom stereocenters. The molecule has 18 heavy (non-hydrogen) atoms. The van der Waals surface area contributed by atoms with E-state index in [0.29, 0.717) is 4.60 Å². The molecule has 0 aliphatic rings. The molecule has 0 saturated carbocycles. The van der Waals surface area contributed by atoms with Crippen molar-refractivity contribution >= 4 is 27.8 Å². The first-order valence-electron chi connectivity index (χ1n) is 5.54.